The summed E-state index contributed by atoms with van der Waals surface area (Å²) in [6.07, 6.45) is 9.78. The molecular weight excluding hydrogens is 242 g/mol. The fourth-order valence-corrected chi connectivity index (χ4v) is 3.99. The molecule has 4 nitrogen and oxygen atoms in total. The normalized spacial score (nSPS) is 37.8. The molecule has 2 N–H and O–H groups in total. The van der Waals surface area contributed by atoms with E-state index in [2.05, 4.69) is 5.32 Å². The van der Waals surface area contributed by atoms with Crippen molar-refractivity contribution in [3.05, 3.63) is 0 Å². The standard InChI is InChI=1S/C15H25NO3/c17-14(18)11-3-1-4-12(9-11)16-13-5-8-19-15(10-13)6-2-7-15/h11-13,16H,1-10H2,(H,17,18). The second-order valence-corrected chi connectivity index (χ2v) is 6.64. The summed E-state index contributed by atoms with van der Waals surface area (Å²) in [5, 5.41) is 12.9. The molecule has 3 atom stereocenters. The summed E-state index contributed by atoms with van der Waals surface area (Å²) in [6, 6.07) is 0.932. The quantitative estimate of drug-likeness (QED) is 0.824. The first kappa shape index (κ1) is 13.4. The number of carboxylic acid groups (broad SMARTS) is 1. The van der Waals surface area contributed by atoms with Crippen molar-refractivity contribution in [3.63, 3.8) is 0 Å². The Labute approximate surface area is 114 Å². The lowest BCUT2D eigenvalue weighted by atomic mass is 9.73. The molecule has 108 valence electrons. The van der Waals surface area contributed by atoms with E-state index in [4.69, 9.17) is 9.84 Å². The number of aliphatic carboxylic acids is 1. The van der Waals surface area contributed by atoms with Gasteiger partial charge >= 0.3 is 5.97 Å². The Morgan fingerprint density at radius 1 is 1.16 bits per heavy atom. The summed E-state index contributed by atoms with van der Waals surface area (Å²) < 4.78 is 5.95. The topological polar surface area (TPSA) is 58.6 Å². The SMILES string of the molecule is O=C(O)C1CCCC(NC2CCOC3(CCC3)C2)C1. The highest BCUT2D eigenvalue weighted by atomic mass is 16.5. The van der Waals surface area contributed by atoms with Gasteiger partial charge in [0.1, 0.15) is 0 Å². The van der Waals surface area contributed by atoms with Crippen molar-refractivity contribution in [2.24, 2.45) is 5.92 Å². The van der Waals surface area contributed by atoms with Crippen molar-refractivity contribution in [3.8, 4) is 0 Å². The van der Waals surface area contributed by atoms with Gasteiger partial charge in [0.15, 0.2) is 0 Å². The molecule has 2 aliphatic carbocycles. The van der Waals surface area contributed by atoms with Crippen LogP contribution in [-0.2, 0) is 9.53 Å². The third kappa shape index (κ3) is 2.95. The molecule has 0 aromatic carbocycles. The van der Waals surface area contributed by atoms with Gasteiger partial charge < -0.3 is 15.2 Å². The van der Waals surface area contributed by atoms with E-state index in [0.29, 0.717) is 12.1 Å². The van der Waals surface area contributed by atoms with Gasteiger partial charge in [-0.25, -0.2) is 0 Å². The third-order valence-corrected chi connectivity index (χ3v) is 5.25. The molecule has 3 fully saturated rings. The maximum Gasteiger partial charge on any atom is 0.306 e. The van der Waals surface area contributed by atoms with E-state index in [1.54, 1.807) is 0 Å². The molecule has 0 amide bonds. The molecule has 3 rings (SSSR count). The van der Waals surface area contributed by atoms with E-state index in [0.717, 1.165) is 45.1 Å². The number of nitrogens with one attached hydrogen (secondary N) is 1. The number of carboxylic acids is 1. The molecule has 3 unspecified atom stereocenters. The Hall–Kier alpha value is -0.610. The molecule has 3 aliphatic rings. The molecule has 0 aromatic rings. The summed E-state index contributed by atoms with van der Waals surface area (Å²) in [5.41, 5.74) is 0.177. The first-order chi connectivity index (χ1) is 9.17. The van der Waals surface area contributed by atoms with E-state index < -0.39 is 5.97 Å². The Bertz CT molecular complexity index is 340. The first-order valence-corrected chi connectivity index (χ1v) is 7.80. The molecular formula is C15H25NO3. The summed E-state index contributed by atoms with van der Waals surface area (Å²) >= 11 is 0. The molecule has 1 saturated heterocycles. The summed E-state index contributed by atoms with van der Waals surface area (Å²) in [6.45, 7) is 0.868. The fourth-order valence-electron chi connectivity index (χ4n) is 3.99. The van der Waals surface area contributed by atoms with Gasteiger partial charge in [0.25, 0.3) is 0 Å². The zero-order valence-electron chi connectivity index (χ0n) is 11.6. The maximum atomic E-state index is 11.1. The van der Waals surface area contributed by atoms with Crippen LogP contribution < -0.4 is 5.32 Å². The zero-order chi connectivity index (χ0) is 13.3. The van der Waals surface area contributed by atoms with Crippen molar-refractivity contribution < 1.29 is 14.6 Å². The summed E-state index contributed by atoms with van der Waals surface area (Å²) in [5.74, 6) is -0.752. The molecule has 1 aliphatic heterocycles. The largest absolute Gasteiger partial charge is 0.481 e. The first-order valence-electron chi connectivity index (χ1n) is 7.80. The van der Waals surface area contributed by atoms with Gasteiger partial charge in [-0.2, -0.15) is 0 Å². The van der Waals surface area contributed by atoms with Gasteiger partial charge in [0, 0.05) is 18.7 Å². The predicted molar refractivity (Wildman–Crippen MR) is 72.1 cm³/mol. The monoisotopic (exact) mass is 267 g/mol. The van der Waals surface area contributed by atoms with Crippen LogP contribution in [0.1, 0.15) is 57.8 Å². The third-order valence-electron chi connectivity index (χ3n) is 5.25. The van der Waals surface area contributed by atoms with Crippen LogP contribution in [0.4, 0.5) is 0 Å². The minimum absolute atomic E-state index is 0.135. The lowest BCUT2D eigenvalue weighted by Crippen LogP contribution is -2.53. The highest BCUT2D eigenvalue weighted by Crippen LogP contribution is 2.42. The van der Waals surface area contributed by atoms with Gasteiger partial charge in [0.05, 0.1) is 11.5 Å². The van der Waals surface area contributed by atoms with Crippen molar-refractivity contribution in [2.75, 3.05) is 6.61 Å². The number of ether oxygens (including phenoxy) is 1. The fraction of sp³-hybridized carbons (Fsp3) is 0.933. The van der Waals surface area contributed by atoms with Crippen LogP contribution in [0.25, 0.3) is 0 Å². The summed E-state index contributed by atoms with van der Waals surface area (Å²) in [7, 11) is 0. The van der Waals surface area contributed by atoms with Crippen LogP contribution in [0.2, 0.25) is 0 Å². The second-order valence-electron chi connectivity index (χ2n) is 6.64. The average molecular weight is 267 g/mol. The maximum absolute atomic E-state index is 11.1. The van der Waals surface area contributed by atoms with E-state index >= 15 is 0 Å². The van der Waals surface area contributed by atoms with Crippen LogP contribution in [0.15, 0.2) is 0 Å². The molecule has 19 heavy (non-hydrogen) atoms. The number of rotatable bonds is 3. The van der Waals surface area contributed by atoms with Gasteiger partial charge in [-0.1, -0.05) is 6.42 Å². The van der Waals surface area contributed by atoms with Crippen LogP contribution in [-0.4, -0.2) is 35.4 Å². The Kier molecular flexibility index (Phi) is 3.81. The van der Waals surface area contributed by atoms with E-state index in [1.807, 2.05) is 0 Å². The highest BCUT2D eigenvalue weighted by Gasteiger charge is 2.43. The van der Waals surface area contributed by atoms with Gasteiger partial charge in [-0.3, -0.25) is 4.79 Å². The molecule has 4 heteroatoms. The van der Waals surface area contributed by atoms with Crippen LogP contribution in [0.3, 0.4) is 0 Å². The van der Waals surface area contributed by atoms with Crippen molar-refractivity contribution in [2.45, 2.75) is 75.5 Å². The summed E-state index contributed by atoms with van der Waals surface area (Å²) in [4.78, 5) is 11.1. The van der Waals surface area contributed by atoms with Crippen LogP contribution >= 0.6 is 0 Å². The number of hydrogen-bond donors (Lipinski definition) is 2. The number of carbonyl (C=O) groups is 1. The number of hydrogen-bond acceptors (Lipinski definition) is 3. The van der Waals surface area contributed by atoms with E-state index in [1.165, 1.54) is 19.3 Å². The Morgan fingerprint density at radius 2 is 2.00 bits per heavy atom. The van der Waals surface area contributed by atoms with Crippen molar-refractivity contribution in [1.82, 2.24) is 5.32 Å². The highest BCUT2D eigenvalue weighted by molar-refractivity contribution is 5.70. The minimum Gasteiger partial charge on any atom is -0.481 e. The lowest BCUT2D eigenvalue weighted by Gasteiger charge is -2.48. The van der Waals surface area contributed by atoms with Gasteiger partial charge in [-0.15, -0.1) is 0 Å². The molecule has 1 spiro atoms. The molecule has 0 radical (unpaired) electrons. The van der Waals surface area contributed by atoms with Gasteiger partial charge in [-0.05, 0) is 51.4 Å². The minimum atomic E-state index is -0.617. The van der Waals surface area contributed by atoms with Crippen LogP contribution in [0.5, 0.6) is 0 Å². The molecule has 0 bridgehead atoms. The average Bonchev–Trinajstić information content (AvgIpc) is 2.37. The molecule has 0 aromatic heterocycles. The smallest absolute Gasteiger partial charge is 0.306 e. The van der Waals surface area contributed by atoms with Crippen molar-refractivity contribution >= 4 is 5.97 Å². The van der Waals surface area contributed by atoms with E-state index in [-0.39, 0.29) is 11.5 Å². The molecule has 2 saturated carbocycles. The second kappa shape index (κ2) is 5.41. The van der Waals surface area contributed by atoms with Gasteiger partial charge in [0.2, 0.25) is 0 Å². The Balaban J connectivity index is 1.51. The van der Waals surface area contributed by atoms with Crippen LogP contribution in [0, 0.1) is 5.92 Å². The predicted octanol–water partition coefficient (Wildman–Crippen LogP) is 2.32. The van der Waals surface area contributed by atoms with Crippen molar-refractivity contribution in [1.29, 1.82) is 0 Å². The van der Waals surface area contributed by atoms with E-state index in [9.17, 15) is 4.79 Å². The zero-order valence-corrected chi connectivity index (χ0v) is 11.6. The lowest BCUT2D eigenvalue weighted by molar-refractivity contribution is -0.144. The molecule has 1 heterocycles. The Morgan fingerprint density at radius 3 is 2.68 bits per heavy atom.